The topological polar surface area (TPSA) is 24.8 Å². The van der Waals surface area contributed by atoms with E-state index in [9.17, 15) is 9.18 Å². The Labute approximate surface area is 126 Å². The zero-order valence-corrected chi connectivity index (χ0v) is 12.6. The monoisotopic (exact) mass is 300 g/mol. The van der Waals surface area contributed by atoms with Gasteiger partial charge in [0.2, 0.25) is 0 Å². The highest BCUT2D eigenvalue weighted by molar-refractivity contribution is 5.95. The lowest BCUT2D eigenvalue weighted by Gasteiger charge is -2.29. The van der Waals surface area contributed by atoms with E-state index < -0.39 is 0 Å². The van der Waals surface area contributed by atoms with Gasteiger partial charge in [-0.25, -0.2) is 4.39 Å². The molecule has 0 unspecified atom stereocenters. The van der Waals surface area contributed by atoms with Crippen molar-refractivity contribution in [2.45, 2.75) is 12.8 Å². The summed E-state index contributed by atoms with van der Waals surface area (Å²) in [5, 5.41) is 0. The average molecular weight is 301 g/mol. The SMILES string of the molecule is CN1CC[NH+](CCCC(=O)c2ccc(F)cc2)CC1.[Cl-]. The third-order valence-corrected chi connectivity index (χ3v) is 3.79. The Bertz CT molecular complexity index is 416. The number of piperazine rings is 1. The van der Waals surface area contributed by atoms with Crippen LogP contribution >= 0.6 is 0 Å². The molecular formula is C15H22ClFN2O. The number of quaternary nitrogens is 1. The zero-order valence-electron chi connectivity index (χ0n) is 11.9. The first-order chi connectivity index (χ1) is 9.15. The lowest BCUT2D eigenvalue weighted by molar-refractivity contribution is -0.904. The Hall–Kier alpha value is -0.970. The molecule has 3 nitrogen and oxygen atoms in total. The first-order valence-electron chi connectivity index (χ1n) is 6.96. The molecule has 1 aliphatic rings. The second kappa shape index (κ2) is 8.35. The molecule has 0 spiro atoms. The number of hydrogen-bond donors (Lipinski definition) is 1. The number of hydrogen-bond acceptors (Lipinski definition) is 2. The minimum Gasteiger partial charge on any atom is -1.00 e. The smallest absolute Gasteiger partial charge is 0.163 e. The number of Topliss-reactive ketones (excluding diaryl/α,β-unsaturated/α-hetero) is 1. The molecule has 1 N–H and O–H groups in total. The molecule has 0 aromatic heterocycles. The number of carbonyl (C=O) groups is 1. The normalized spacial score (nSPS) is 16.7. The number of carbonyl (C=O) groups excluding carboxylic acids is 1. The van der Waals surface area contributed by atoms with Crippen molar-refractivity contribution in [1.82, 2.24) is 4.90 Å². The fourth-order valence-electron chi connectivity index (χ4n) is 2.46. The summed E-state index contributed by atoms with van der Waals surface area (Å²) >= 11 is 0. The van der Waals surface area contributed by atoms with Gasteiger partial charge in [-0.1, -0.05) is 0 Å². The van der Waals surface area contributed by atoms with Crippen LogP contribution < -0.4 is 17.3 Å². The molecule has 1 aromatic carbocycles. The van der Waals surface area contributed by atoms with Gasteiger partial charge < -0.3 is 17.3 Å². The van der Waals surface area contributed by atoms with E-state index in [0.717, 1.165) is 26.1 Å². The number of rotatable bonds is 5. The lowest BCUT2D eigenvalue weighted by Crippen LogP contribution is -3.14. The summed E-state index contributed by atoms with van der Waals surface area (Å²) in [5.41, 5.74) is 0.620. The first-order valence-corrected chi connectivity index (χ1v) is 6.96. The fourth-order valence-corrected chi connectivity index (χ4v) is 2.46. The van der Waals surface area contributed by atoms with Crippen LogP contribution in [0.1, 0.15) is 23.2 Å². The predicted molar refractivity (Wildman–Crippen MR) is 73.0 cm³/mol. The minimum atomic E-state index is -0.293. The van der Waals surface area contributed by atoms with Crippen molar-refractivity contribution in [3.63, 3.8) is 0 Å². The molecule has 0 saturated carbocycles. The Morgan fingerprint density at radius 3 is 2.45 bits per heavy atom. The van der Waals surface area contributed by atoms with Gasteiger partial charge >= 0.3 is 0 Å². The number of nitrogens with one attached hydrogen (secondary N) is 1. The largest absolute Gasteiger partial charge is 1.00 e. The van der Waals surface area contributed by atoms with Gasteiger partial charge in [-0.3, -0.25) is 9.69 Å². The molecule has 1 heterocycles. The van der Waals surface area contributed by atoms with Crippen molar-refractivity contribution < 1.29 is 26.5 Å². The second-order valence-corrected chi connectivity index (χ2v) is 5.34. The quantitative estimate of drug-likeness (QED) is 0.615. The van der Waals surface area contributed by atoms with E-state index in [1.165, 1.54) is 25.2 Å². The Morgan fingerprint density at radius 2 is 1.85 bits per heavy atom. The molecule has 0 amide bonds. The molecular weight excluding hydrogens is 279 g/mol. The maximum atomic E-state index is 12.8. The van der Waals surface area contributed by atoms with Gasteiger partial charge in [0.1, 0.15) is 5.82 Å². The Kier molecular flexibility index (Phi) is 7.13. The maximum Gasteiger partial charge on any atom is 0.163 e. The van der Waals surface area contributed by atoms with Crippen molar-refractivity contribution in [3.05, 3.63) is 35.6 Å². The molecule has 1 aromatic rings. The average Bonchev–Trinajstić information content (AvgIpc) is 2.41. The molecule has 1 aliphatic heterocycles. The summed E-state index contributed by atoms with van der Waals surface area (Å²) < 4.78 is 12.8. The van der Waals surface area contributed by atoms with Crippen LogP contribution in [0.5, 0.6) is 0 Å². The summed E-state index contributed by atoms with van der Waals surface area (Å²) in [7, 11) is 2.15. The molecule has 0 atom stereocenters. The van der Waals surface area contributed by atoms with Crippen LogP contribution in [0, 0.1) is 5.82 Å². The van der Waals surface area contributed by atoms with Gasteiger partial charge in [0.15, 0.2) is 5.78 Å². The number of halogens is 2. The molecule has 112 valence electrons. The van der Waals surface area contributed by atoms with E-state index in [0.29, 0.717) is 12.0 Å². The standard InChI is InChI=1S/C15H21FN2O.ClH/c1-17-9-11-18(12-10-17)8-2-3-15(19)13-4-6-14(16)7-5-13;/h4-7H,2-3,8-12H2,1H3;1H. The van der Waals surface area contributed by atoms with Crippen LogP contribution in [-0.4, -0.2) is 50.5 Å². The molecule has 20 heavy (non-hydrogen) atoms. The van der Waals surface area contributed by atoms with Crippen LogP contribution in [-0.2, 0) is 0 Å². The third kappa shape index (κ3) is 5.19. The van der Waals surface area contributed by atoms with E-state index in [4.69, 9.17) is 0 Å². The molecule has 0 radical (unpaired) electrons. The number of benzene rings is 1. The number of nitrogens with zero attached hydrogens (tertiary/aromatic N) is 1. The first kappa shape index (κ1) is 17.1. The third-order valence-electron chi connectivity index (χ3n) is 3.79. The second-order valence-electron chi connectivity index (χ2n) is 5.34. The van der Waals surface area contributed by atoms with Crippen LogP contribution in [0.3, 0.4) is 0 Å². The van der Waals surface area contributed by atoms with E-state index >= 15 is 0 Å². The molecule has 1 saturated heterocycles. The summed E-state index contributed by atoms with van der Waals surface area (Å²) in [6, 6.07) is 5.83. The van der Waals surface area contributed by atoms with Crippen molar-refractivity contribution in [1.29, 1.82) is 0 Å². The van der Waals surface area contributed by atoms with Gasteiger partial charge in [-0.05, 0) is 31.3 Å². The van der Waals surface area contributed by atoms with Gasteiger partial charge in [0, 0.05) is 31.5 Å². The van der Waals surface area contributed by atoms with Crippen LogP contribution in [0.15, 0.2) is 24.3 Å². The van der Waals surface area contributed by atoms with Crippen molar-refractivity contribution >= 4 is 5.78 Å². The van der Waals surface area contributed by atoms with Crippen molar-refractivity contribution in [2.75, 3.05) is 39.8 Å². The lowest BCUT2D eigenvalue weighted by atomic mass is 10.1. The maximum absolute atomic E-state index is 12.8. The van der Waals surface area contributed by atoms with Gasteiger partial charge in [-0.15, -0.1) is 0 Å². The summed E-state index contributed by atoms with van der Waals surface area (Å²) in [5.74, 6) is -0.174. The van der Waals surface area contributed by atoms with E-state index in [1.54, 1.807) is 17.0 Å². The van der Waals surface area contributed by atoms with E-state index in [2.05, 4.69) is 11.9 Å². The van der Waals surface area contributed by atoms with Crippen molar-refractivity contribution in [3.8, 4) is 0 Å². The van der Waals surface area contributed by atoms with Gasteiger partial charge in [0.05, 0.1) is 19.6 Å². The number of likely N-dealkylation sites (N-methyl/N-ethyl adjacent to an activating group) is 1. The van der Waals surface area contributed by atoms with Gasteiger partial charge in [-0.2, -0.15) is 0 Å². The highest BCUT2D eigenvalue weighted by atomic mass is 35.5. The van der Waals surface area contributed by atoms with Crippen molar-refractivity contribution in [2.24, 2.45) is 0 Å². The van der Waals surface area contributed by atoms with E-state index in [-0.39, 0.29) is 24.0 Å². The molecule has 2 rings (SSSR count). The predicted octanol–water partition coefficient (Wildman–Crippen LogP) is -2.38. The molecule has 1 fully saturated rings. The Morgan fingerprint density at radius 1 is 1.25 bits per heavy atom. The van der Waals surface area contributed by atoms with Crippen LogP contribution in [0.4, 0.5) is 4.39 Å². The summed E-state index contributed by atoms with van der Waals surface area (Å²) in [4.78, 5) is 15.8. The minimum absolute atomic E-state index is 0. The van der Waals surface area contributed by atoms with Gasteiger partial charge in [0.25, 0.3) is 0 Å². The summed E-state index contributed by atoms with van der Waals surface area (Å²) in [6.45, 7) is 5.67. The number of ketones is 1. The molecule has 0 bridgehead atoms. The van der Waals surface area contributed by atoms with Crippen LogP contribution in [0.25, 0.3) is 0 Å². The van der Waals surface area contributed by atoms with E-state index in [1.807, 2.05) is 0 Å². The Balaban J connectivity index is 0.00000200. The highest BCUT2D eigenvalue weighted by Gasteiger charge is 2.17. The summed E-state index contributed by atoms with van der Waals surface area (Å²) in [6.07, 6.45) is 1.47. The molecule has 5 heteroatoms. The zero-order chi connectivity index (χ0) is 13.7. The highest BCUT2D eigenvalue weighted by Crippen LogP contribution is 2.06. The fraction of sp³-hybridized carbons (Fsp3) is 0.533. The molecule has 0 aliphatic carbocycles. The van der Waals surface area contributed by atoms with Crippen LogP contribution in [0.2, 0.25) is 0 Å².